The lowest BCUT2D eigenvalue weighted by Gasteiger charge is -2.33. The molecule has 0 unspecified atom stereocenters. The van der Waals surface area contributed by atoms with E-state index < -0.39 is 17.9 Å². The largest absolute Gasteiger partial charge is 0.497 e. The highest BCUT2D eigenvalue weighted by molar-refractivity contribution is 7.09. The predicted molar refractivity (Wildman–Crippen MR) is 142 cm³/mol. The third kappa shape index (κ3) is 6.08. The second-order valence-corrected chi connectivity index (χ2v) is 9.85. The molecule has 1 aliphatic carbocycles. The number of nitrogens with two attached hydrogens (primary N) is 2. The summed E-state index contributed by atoms with van der Waals surface area (Å²) in [5.74, 6) is -0.969. The van der Waals surface area contributed by atoms with Crippen molar-refractivity contribution >= 4 is 34.9 Å². The highest BCUT2D eigenvalue weighted by Gasteiger charge is 2.36. The number of rotatable bonds is 9. The van der Waals surface area contributed by atoms with Gasteiger partial charge in [-0.05, 0) is 47.6 Å². The number of hydrogen-bond donors (Lipinski definition) is 3. The zero-order valence-corrected chi connectivity index (χ0v) is 21.5. The molecule has 1 aromatic heterocycles. The lowest BCUT2D eigenvalue weighted by atomic mass is 9.94. The molecule has 3 amide bonds. The Balaban J connectivity index is 1.77. The number of primary amides is 1. The third-order valence-corrected chi connectivity index (χ3v) is 7.41. The lowest BCUT2D eigenvalue weighted by molar-refractivity contribution is -0.127. The summed E-state index contributed by atoms with van der Waals surface area (Å²) in [7, 11) is 1.57. The molecule has 1 saturated carbocycles. The highest BCUT2D eigenvalue weighted by Crippen LogP contribution is 2.31. The normalized spacial score (nSPS) is 14.5. The Labute approximate surface area is 220 Å². The van der Waals surface area contributed by atoms with Crippen LogP contribution in [0.5, 0.6) is 5.75 Å². The van der Waals surface area contributed by atoms with Gasteiger partial charge in [-0.25, -0.2) is 0 Å². The van der Waals surface area contributed by atoms with Crippen LogP contribution in [-0.4, -0.2) is 40.1 Å². The van der Waals surface area contributed by atoms with Crippen molar-refractivity contribution in [1.29, 1.82) is 0 Å². The van der Waals surface area contributed by atoms with Gasteiger partial charge >= 0.3 is 0 Å². The highest BCUT2D eigenvalue weighted by atomic mass is 32.1. The van der Waals surface area contributed by atoms with Gasteiger partial charge in [0.05, 0.1) is 12.8 Å². The molecular weight excluding hydrogens is 490 g/mol. The van der Waals surface area contributed by atoms with Crippen molar-refractivity contribution in [3.05, 3.63) is 76.3 Å². The summed E-state index contributed by atoms with van der Waals surface area (Å²) in [5, 5.41) is 3.18. The number of anilines is 1. The van der Waals surface area contributed by atoms with E-state index in [0.29, 0.717) is 11.3 Å². The molecule has 1 aliphatic rings. The topological polar surface area (TPSA) is 141 Å². The molecule has 0 bridgehead atoms. The molecule has 10 heteroatoms. The molecule has 9 nitrogen and oxygen atoms in total. The minimum absolute atomic E-state index is 0.0469. The van der Waals surface area contributed by atoms with Gasteiger partial charge in [-0.3, -0.25) is 14.4 Å². The fraction of sp³-hybridized carbons (Fsp3) is 0.333. The van der Waals surface area contributed by atoms with E-state index in [1.54, 1.807) is 31.4 Å². The van der Waals surface area contributed by atoms with Crippen LogP contribution >= 0.6 is 11.5 Å². The first kappa shape index (κ1) is 26.2. The van der Waals surface area contributed by atoms with E-state index in [2.05, 4.69) is 9.69 Å². The molecule has 37 heavy (non-hydrogen) atoms. The number of nitrogens with zero attached hydrogens (tertiary/aromatic N) is 2. The standard InChI is InChI=1S/C27H31N5O4S/c1-36-20-14-12-18(13-15-20)23(26(34)30-19-10-6-3-7-11-19)32(16-17-8-4-2-5-9-17)27(35)24-21(28)22(25(29)33)31-37-24/h2,4-5,8-9,12-15,19,23H,3,6-7,10-11,16,28H2,1H3,(H2,29,33)(H,30,34)/t23-/m0/s1. The first-order chi connectivity index (χ1) is 17.9. The van der Waals surface area contributed by atoms with Crippen LogP contribution in [0.4, 0.5) is 5.69 Å². The van der Waals surface area contributed by atoms with Crippen molar-refractivity contribution in [1.82, 2.24) is 14.6 Å². The van der Waals surface area contributed by atoms with Crippen LogP contribution in [-0.2, 0) is 11.3 Å². The summed E-state index contributed by atoms with van der Waals surface area (Å²) in [6, 6.07) is 15.5. The smallest absolute Gasteiger partial charge is 0.270 e. The number of benzene rings is 2. The lowest BCUT2D eigenvalue weighted by Crippen LogP contribution is -2.46. The molecule has 1 heterocycles. The molecule has 3 aromatic rings. The molecule has 0 spiro atoms. The summed E-state index contributed by atoms with van der Waals surface area (Å²) in [4.78, 5) is 41.2. The quantitative estimate of drug-likeness (QED) is 0.392. The SMILES string of the molecule is COc1ccc([C@@H](C(=O)NC2CCCCC2)N(Cc2ccccc2)C(=O)c2snc(C(N)=O)c2N)cc1. The first-order valence-corrected chi connectivity index (χ1v) is 13.0. The number of amides is 3. The van der Waals surface area contributed by atoms with E-state index in [-0.39, 0.29) is 34.8 Å². The summed E-state index contributed by atoms with van der Waals surface area (Å²) in [6.45, 7) is 0.137. The molecule has 1 atom stereocenters. The minimum Gasteiger partial charge on any atom is -0.497 e. The number of nitrogens with one attached hydrogen (secondary N) is 1. The van der Waals surface area contributed by atoms with Gasteiger partial charge in [-0.2, -0.15) is 4.37 Å². The van der Waals surface area contributed by atoms with Crippen molar-refractivity contribution in [3.63, 3.8) is 0 Å². The van der Waals surface area contributed by atoms with Gasteiger partial charge in [0.1, 0.15) is 16.7 Å². The van der Waals surface area contributed by atoms with Gasteiger partial charge in [-0.1, -0.05) is 61.7 Å². The van der Waals surface area contributed by atoms with E-state index >= 15 is 0 Å². The molecule has 194 valence electrons. The van der Waals surface area contributed by atoms with Gasteiger partial charge in [-0.15, -0.1) is 0 Å². The zero-order chi connectivity index (χ0) is 26.4. The average molecular weight is 522 g/mol. The van der Waals surface area contributed by atoms with Crippen molar-refractivity contribution in [2.45, 2.75) is 50.7 Å². The van der Waals surface area contributed by atoms with Crippen LogP contribution < -0.4 is 21.5 Å². The Kier molecular flexibility index (Phi) is 8.39. The first-order valence-electron chi connectivity index (χ1n) is 12.2. The van der Waals surface area contributed by atoms with Gasteiger partial charge in [0.2, 0.25) is 5.91 Å². The number of methoxy groups -OCH3 is 1. The molecule has 1 fully saturated rings. The Bertz CT molecular complexity index is 1240. The van der Waals surface area contributed by atoms with Crippen LogP contribution in [0.2, 0.25) is 0 Å². The van der Waals surface area contributed by atoms with Crippen LogP contribution in [0.3, 0.4) is 0 Å². The van der Waals surface area contributed by atoms with Gasteiger partial charge in [0.25, 0.3) is 11.8 Å². The van der Waals surface area contributed by atoms with Crippen molar-refractivity contribution < 1.29 is 19.1 Å². The number of carbonyl (C=O) groups is 3. The fourth-order valence-electron chi connectivity index (χ4n) is 4.61. The molecule has 2 aromatic carbocycles. The fourth-order valence-corrected chi connectivity index (χ4v) is 5.37. The van der Waals surface area contributed by atoms with Gasteiger partial charge in [0, 0.05) is 12.6 Å². The molecule has 0 radical (unpaired) electrons. The number of nitrogen functional groups attached to an aromatic ring is 1. The maximum atomic E-state index is 14.0. The Morgan fingerprint density at radius 2 is 1.76 bits per heavy atom. The van der Waals surface area contributed by atoms with Gasteiger partial charge < -0.3 is 26.4 Å². The van der Waals surface area contributed by atoms with Crippen molar-refractivity contribution in [2.75, 3.05) is 12.8 Å². The van der Waals surface area contributed by atoms with E-state index in [0.717, 1.165) is 49.2 Å². The van der Waals surface area contributed by atoms with Crippen molar-refractivity contribution in [2.24, 2.45) is 5.73 Å². The molecule has 0 saturated heterocycles. The predicted octanol–water partition coefficient (Wildman–Crippen LogP) is 3.67. The number of aromatic nitrogens is 1. The summed E-state index contributed by atoms with van der Waals surface area (Å²) < 4.78 is 9.29. The number of ether oxygens (including phenoxy) is 1. The maximum Gasteiger partial charge on any atom is 0.270 e. The monoisotopic (exact) mass is 521 g/mol. The Morgan fingerprint density at radius 1 is 1.08 bits per heavy atom. The van der Waals surface area contributed by atoms with Crippen LogP contribution in [0.15, 0.2) is 54.6 Å². The summed E-state index contributed by atoms with van der Waals surface area (Å²) in [5.41, 5.74) is 12.7. The maximum absolute atomic E-state index is 14.0. The van der Waals surface area contributed by atoms with Gasteiger partial charge in [0.15, 0.2) is 5.69 Å². The second-order valence-electron chi connectivity index (χ2n) is 9.08. The van der Waals surface area contributed by atoms with Crippen molar-refractivity contribution in [3.8, 4) is 5.75 Å². The third-order valence-electron chi connectivity index (χ3n) is 6.56. The average Bonchev–Trinajstić information content (AvgIpc) is 3.31. The van der Waals surface area contributed by atoms with Crippen LogP contribution in [0.1, 0.15) is 69.4 Å². The minimum atomic E-state index is -0.959. The molecule has 0 aliphatic heterocycles. The number of hydrogen-bond acceptors (Lipinski definition) is 7. The second kappa shape index (κ2) is 11.9. The summed E-state index contributed by atoms with van der Waals surface area (Å²) >= 11 is 0.799. The zero-order valence-electron chi connectivity index (χ0n) is 20.7. The van der Waals surface area contributed by atoms with E-state index in [1.165, 1.54) is 4.90 Å². The molecule has 5 N–H and O–H groups in total. The van der Waals surface area contributed by atoms with E-state index in [9.17, 15) is 14.4 Å². The van der Waals surface area contributed by atoms with E-state index in [1.807, 2.05) is 30.3 Å². The van der Waals surface area contributed by atoms with Crippen LogP contribution in [0, 0.1) is 0 Å². The Morgan fingerprint density at radius 3 is 2.35 bits per heavy atom. The van der Waals surface area contributed by atoms with Crippen LogP contribution in [0.25, 0.3) is 0 Å². The number of carbonyl (C=O) groups excluding carboxylic acids is 3. The Hall–Kier alpha value is -3.92. The summed E-state index contributed by atoms with van der Waals surface area (Å²) in [6.07, 6.45) is 5.06. The van der Waals surface area contributed by atoms with E-state index in [4.69, 9.17) is 16.2 Å². The molecule has 4 rings (SSSR count). The molecular formula is C27H31N5O4S.